The molecule has 0 atom stereocenters. The Balaban J connectivity index is 1.36. The number of aromatic nitrogens is 1. The molecule has 0 radical (unpaired) electrons. The summed E-state index contributed by atoms with van der Waals surface area (Å²) in [6, 6.07) is 20.5. The van der Waals surface area contributed by atoms with E-state index in [1.54, 1.807) is 0 Å². The predicted octanol–water partition coefficient (Wildman–Crippen LogP) is 5.46. The van der Waals surface area contributed by atoms with Crippen molar-refractivity contribution in [3.8, 4) is 11.5 Å². The molecule has 1 aromatic heterocycles. The molecule has 2 aliphatic heterocycles. The van der Waals surface area contributed by atoms with E-state index in [0.717, 1.165) is 39.9 Å². The number of fused-ring (bicyclic) bond motifs is 4. The Bertz CT molecular complexity index is 1430. The zero-order valence-electron chi connectivity index (χ0n) is 18.7. The molecule has 3 heterocycles. The van der Waals surface area contributed by atoms with Crippen molar-refractivity contribution in [2.45, 2.75) is 20.0 Å². The molecule has 3 aromatic carbocycles. The molecular formula is C28H24N2O3. The molecule has 0 fully saturated rings. The first kappa shape index (κ1) is 19.8. The largest absolute Gasteiger partial charge is 0.478 e. The fourth-order valence-corrected chi connectivity index (χ4v) is 4.85. The van der Waals surface area contributed by atoms with E-state index in [1.807, 2.05) is 62.6 Å². The van der Waals surface area contributed by atoms with Gasteiger partial charge in [-0.15, -0.1) is 0 Å². The lowest BCUT2D eigenvalue weighted by molar-refractivity contribution is 0.0872. The highest BCUT2D eigenvalue weighted by Gasteiger charge is 2.35. The maximum Gasteiger partial charge on any atom is 0.232 e. The first-order valence-corrected chi connectivity index (χ1v) is 11.1. The summed E-state index contributed by atoms with van der Waals surface area (Å²) in [5.41, 5.74) is 5.77. The maximum atomic E-state index is 13.4. The second-order valence-corrected chi connectivity index (χ2v) is 8.77. The van der Waals surface area contributed by atoms with Crippen molar-refractivity contribution < 1.29 is 14.3 Å². The smallest absolute Gasteiger partial charge is 0.232 e. The number of rotatable bonds is 3. The third-order valence-electron chi connectivity index (χ3n) is 6.45. The van der Waals surface area contributed by atoms with E-state index in [9.17, 15) is 4.79 Å². The van der Waals surface area contributed by atoms with Gasteiger partial charge < -0.3 is 14.0 Å². The summed E-state index contributed by atoms with van der Waals surface area (Å²) in [5, 5.41) is 1.09. The summed E-state index contributed by atoms with van der Waals surface area (Å²) in [7, 11) is 2.01. The van der Waals surface area contributed by atoms with Crippen molar-refractivity contribution >= 4 is 22.8 Å². The summed E-state index contributed by atoms with van der Waals surface area (Å²) < 4.78 is 14.4. The van der Waals surface area contributed by atoms with Gasteiger partial charge in [0.25, 0.3) is 0 Å². The second-order valence-electron chi connectivity index (χ2n) is 8.77. The van der Waals surface area contributed by atoms with Crippen molar-refractivity contribution in [1.29, 1.82) is 0 Å². The molecule has 0 bridgehead atoms. The number of para-hydroxylation sites is 1. The number of carbonyl (C=O) groups excluding carboxylic acids is 1. The quantitative estimate of drug-likeness (QED) is 0.400. The van der Waals surface area contributed by atoms with Gasteiger partial charge in [-0.05, 0) is 36.3 Å². The number of allylic oxidation sites excluding steroid dienone is 1. The standard InChI is InChI=1S/C28H24N2O3/c1-18-12-24-22(16-30(17-32-24)14-19-8-4-3-5-9-19)28-26(18)27(31)25(33-28)13-20-15-29(2)23-11-7-6-10-21(20)23/h3-13,15H,14,16-17H2,1-2H3/b25-13-. The van der Waals surface area contributed by atoms with Crippen LogP contribution >= 0.6 is 0 Å². The molecule has 4 aromatic rings. The zero-order chi connectivity index (χ0) is 22.5. The third-order valence-corrected chi connectivity index (χ3v) is 6.45. The number of benzene rings is 3. The number of Topliss-reactive ketones (excluding diaryl/α,β-unsaturated/α-hetero) is 1. The fourth-order valence-electron chi connectivity index (χ4n) is 4.85. The normalized spacial score (nSPS) is 16.5. The van der Waals surface area contributed by atoms with Gasteiger partial charge in [-0.3, -0.25) is 9.69 Å². The van der Waals surface area contributed by atoms with Crippen LogP contribution in [-0.2, 0) is 20.1 Å². The predicted molar refractivity (Wildman–Crippen MR) is 128 cm³/mol. The Labute approximate surface area is 192 Å². The number of aryl methyl sites for hydroxylation is 2. The molecule has 2 aliphatic rings. The van der Waals surface area contributed by atoms with Crippen molar-refractivity contribution in [2.75, 3.05) is 6.73 Å². The maximum absolute atomic E-state index is 13.4. The number of ketones is 1. The average Bonchev–Trinajstić information content (AvgIpc) is 3.33. The van der Waals surface area contributed by atoms with E-state index in [4.69, 9.17) is 9.47 Å². The van der Waals surface area contributed by atoms with Crippen LogP contribution in [0, 0.1) is 6.92 Å². The molecule has 33 heavy (non-hydrogen) atoms. The highest BCUT2D eigenvalue weighted by atomic mass is 16.5. The van der Waals surface area contributed by atoms with Crippen molar-refractivity contribution in [3.63, 3.8) is 0 Å². The van der Waals surface area contributed by atoms with Crippen LogP contribution in [0.25, 0.3) is 17.0 Å². The molecular weight excluding hydrogens is 412 g/mol. The zero-order valence-corrected chi connectivity index (χ0v) is 18.7. The van der Waals surface area contributed by atoms with Gasteiger partial charge in [0, 0.05) is 42.8 Å². The summed E-state index contributed by atoms with van der Waals surface area (Å²) in [6.45, 7) is 3.89. The van der Waals surface area contributed by atoms with Gasteiger partial charge >= 0.3 is 0 Å². The van der Waals surface area contributed by atoms with Crippen molar-refractivity contribution in [1.82, 2.24) is 9.47 Å². The van der Waals surface area contributed by atoms with Gasteiger partial charge in [-0.1, -0.05) is 48.5 Å². The van der Waals surface area contributed by atoms with E-state index in [-0.39, 0.29) is 5.78 Å². The third kappa shape index (κ3) is 3.33. The molecule has 164 valence electrons. The lowest BCUT2D eigenvalue weighted by atomic mass is 9.98. The van der Waals surface area contributed by atoms with Crippen LogP contribution in [0.3, 0.4) is 0 Å². The monoisotopic (exact) mass is 436 g/mol. The van der Waals surface area contributed by atoms with Crippen molar-refractivity contribution in [2.24, 2.45) is 7.05 Å². The minimum Gasteiger partial charge on any atom is -0.478 e. The van der Waals surface area contributed by atoms with Crippen LogP contribution in [-0.4, -0.2) is 22.0 Å². The number of nitrogens with zero attached hydrogens (tertiary/aromatic N) is 2. The van der Waals surface area contributed by atoms with Crippen LogP contribution in [0.5, 0.6) is 11.5 Å². The molecule has 5 heteroatoms. The van der Waals surface area contributed by atoms with Crippen LogP contribution in [0.2, 0.25) is 0 Å². The van der Waals surface area contributed by atoms with Gasteiger partial charge in [0.15, 0.2) is 5.76 Å². The Morgan fingerprint density at radius 3 is 2.70 bits per heavy atom. The number of ether oxygens (including phenoxy) is 2. The van der Waals surface area contributed by atoms with Crippen LogP contribution in [0.1, 0.15) is 32.6 Å². The van der Waals surface area contributed by atoms with Crippen molar-refractivity contribution in [3.05, 3.63) is 100 Å². The highest BCUT2D eigenvalue weighted by molar-refractivity contribution is 6.16. The average molecular weight is 437 g/mol. The minimum atomic E-state index is -0.0709. The number of carbonyl (C=O) groups is 1. The SMILES string of the molecule is Cc1cc2c(c3c1C(=O)/C(=C/c1cn(C)c4ccccc14)O3)CN(Cc1ccccc1)CO2. The number of hydrogen-bond acceptors (Lipinski definition) is 4. The molecule has 0 spiro atoms. The summed E-state index contributed by atoms with van der Waals surface area (Å²) in [5.74, 6) is 1.73. The van der Waals surface area contributed by atoms with E-state index in [1.165, 1.54) is 5.56 Å². The van der Waals surface area contributed by atoms with Gasteiger partial charge in [0.1, 0.15) is 18.2 Å². The second kappa shape index (κ2) is 7.64. The molecule has 0 aliphatic carbocycles. The molecule has 0 N–H and O–H groups in total. The Morgan fingerprint density at radius 2 is 1.85 bits per heavy atom. The van der Waals surface area contributed by atoms with Crippen LogP contribution < -0.4 is 9.47 Å². The van der Waals surface area contributed by atoms with Crippen LogP contribution in [0.15, 0.2) is 72.6 Å². The summed E-state index contributed by atoms with van der Waals surface area (Å²) in [4.78, 5) is 15.6. The first-order chi connectivity index (χ1) is 16.1. The first-order valence-electron chi connectivity index (χ1n) is 11.1. The van der Waals surface area contributed by atoms with E-state index < -0.39 is 0 Å². The lowest BCUT2D eigenvalue weighted by Crippen LogP contribution is -2.31. The molecule has 5 nitrogen and oxygen atoms in total. The molecule has 0 saturated carbocycles. The summed E-state index contributed by atoms with van der Waals surface area (Å²) in [6.07, 6.45) is 3.90. The fraction of sp³-hybridized carbons (Fsp3) is 0.179. The summed E-state index contributed by atoms with van der Waals surface area (Å²) >= 11 is 0. The van der Waals surface area contributed by atoms with Gasteiger partial charge in [0.05, 0.1) is 11.1 Å². The molecule has 0 amide bonds. The highest BCUT2D eigenvalue weighted by Crippen LogP contribution is 2.44. The van der Waals surface area contributed by atoms with E-state index >= 15 is 0 Å². The lowest BCUT2D eigenvalue weighted by Gasteiger charge is -2.30. The van der Waals surface area contributed by atoms with Gasteiger partial charge in [-0.25, -0.2) is 0 Å². The van der Waals surface area contributed by atoms with E-state index in [0.29, 0.717) is 30.3 Å². The Morgan fingerprint density at radius 1 is 1.06 bits per heavy atom. The van der Waals surface area contributed by atoms with Crippen LogP contribution in [0.4, 0.5) is 0 Å². The van der Waals surface area contributed by atoms with E-state index in [2.05, 4.69) is 33.7 Å². The Kier molecular flexibility index (Phi) is 4.59. The minimum absolute atomic E-state index is 0.0709. The van der Waals surface area contributed by atoms with Gasteiger partial charge in [0.2, 0.25) is 5.78 Å². The number of hydrogen-bond donors (Lipinski definition) is 0. The molecule has 6 rings (SSSR count). The molecule has 0 unspecified atom stereocenters. The van der Waals surface area contributed by atoms with Gasteiger partial charge in [-0.2, -0.15) is 0 Å². The topological polar surface area (TPSA) is 43.7 Å². The molecule has 0 saturated heterocycles. The Hall–Kier alpha value is -3.83.